The molecule has 1 aromatic carbocycles. The minimum Gasteiger partial charge on any atom is -1.00 e. The van der Waals surface area contributed by atoms with E-state index < -0.39 is 5.97 Å². The standard InChI is InChI=1S/C14H10ClNO3.BrH/c15-12-5-3-10(4-6-12)13(17)9-16-7-1-2-11(8-16)14(18)19;/h1-8H,9H2;1H. The Labute approximate surface area is 131 Å². The van der Waals surface area contributed by atoms with Crippen molar-refractivity contribution in [1.82, 2.24) is 0 Å². The number of Topliss-reactive ketones (excluding diaryl/α,β-unsaturated/α-hetero) is 1. The van der Waals surface area contributed by atoms with Gasteiger partial charge in [-0.05, 0) is 30.3 Å². The third-order valence-electron chi connectivity index (χ3n) is 2.60. The lowest BCUT2D eigenvalue weighted by atomic mass is 10.1. The molecule has 0 bridgehead atoms. The third-order valence-corrected chi connectivity index (χ3v) is 2.85. The summed E-state index contributed by atoms with van der Waals surface area (Å²) < 4.78 is 1.54. The fourth-order valence-corrected chi connectivity index (χ4v) is 1.77. The number of aromatic nitrogens is 1. The minimum atomic E-state index is -1.02. The van der Waals surface area contributed by atoms with Crippen LogP contribution in [0.25, 0.3) is 0 Å². The van der Waals surface area contributed by atoms with Crippen molar-refractivity contribution in [2.75, 3.05) is 0 Å². The van der Waals surface area contributed by atoms with Crippen molar-refractivity contribution in [3.63, 3.8) is 0 Å². The Kier molecular flexibility index (Phi) is 5.85. The van der Waals surface area contributed by atoms with E-state index in [9.17, 15) is 9.59 Å². The Morgan fingerprint density at radius 1 is 1.10 bits per heavy atom. The maximum atomic E-state index is 12.0. The number of pyridine rings is 1. The topological polar surface area (TPSA) is 58.2 Å². The zero-order chi connectivity index (χ0) is 13.8. The Bertz CT molecular complexity index is 629. The van der Waals surface area contributed by atoms with Gasteiger partial charge in [0, 0.05) is 16.7 Å². The molecule has 0 atom stereocenters. The van der Waals surface area contributed by atoms with Crippen LogP contribution in [0.3, 0.4) is 0 Å². The fourth-order valence-electron chi connectivity index (χ4n) is 1.64. The number of nitrogens with zero attached hydrogens (tertiary/aromatic N) is 1. The number of carboxylic acids is 1. The lowest BCUT2D eigenvalue weighted by Gasteiger charge is -1.99. The van der Waals surface area contributed by atoms with Crippen molar-refractivity contribution < 1.29 is 36.2 Å². The SMILES string of the molecule is O=C(O)c1ccc[n+](CC(=O)c2ccc(Cl)cc2)c1.[Br-]. The van der Waals surface area contributed by atoms with E-state index in [2.05, 4.69) is 0 Å². The van der Waals surface area contributed by atoms with Crippen molar-refractivity contribution in [3.05, 3.63) is 64.9 Å². The Morgan fingerprint density at radius 2 is 1.75 bits per heavy atom. The molecule has 1 N–H and O–H groups in total. The number of halogens is 2. The number of rotatable bonds is 4. The lowest BCUT2D eigenvalue weighted by Crippen LogP contribution is -3.00. The normalized spacial score (nSPS) is 9.65. The molecule has 1 aromatic heterocycles. The summed E-state index contributed by atoms with van der Waals surface area (Å²) >= 11 is 5.75. The lowest BCUT2D eigenvalue weighted by molar-refractivity contribution is -0.683. The van der Waals surface area contributed by atoms with Gasteiger partial charge in [0.2, 0.25) is 12.3 Å². The molecule has 0 aliphatic carbocycles. The second-order valence-electron chi connectivity index (χ2n) is 4.00. The predicted molar refractivity (Wildman–Crippen MR) is 69.4 cm³/mol. The zero-order valence-electron chi connectivity index (χ0n) is 10.3. The van der Waals surface area contributed by atoms with Crippen molar-refractivity contribution in [2.45, 2.75) is 6.54 Å². The van der Waals surface area contributed by atoms with Gasteiger partial charge in [0.25, 0.3) is 0 Å². The van der Waals surface area contributed by atoms with E-state index in [1.54, 1.807) is 41.1 Å². The molecule has 0 spiro atoms. The first-order valence-corrected chi connectivity index (χ1v) is 5.95. The van der Waals surface area contributed by atoms with Gasteiger partial charge in [-0.15, -0.1) is 0 Å². The van der Waals surface area contributed by atoms with Crippen molar-refractivity contribution >= 4 is 23.4 Å². The third kappa shape index (κ3) is 4.15. The van der Waals surface area contributed by atoms with Gasteiger partial charge in [-0.1, -0.05) is 11.6 Å². The zero-order valence-corrected chi connectivity index (χ0v) is 12.6. The molecule has 1 heterocycles. The molecule has 0 unspecified atom stereocenters. The van der Waals surface area contributed by atoms with E-state index in [4.69, 9.17) is 16.7 Å². The van der Waals surface area contributed by atoms with Crippen LogP contribution < -0.4 is 21.5 Å². The highest BCUT2D eigenvalue weighted by atomic mass is 79.9. The summed E-state index contributed by atoms with van der Waals surface area (Å²) in [5.41, 5.74) is 0.684. The molecule has 2 rings (SSSR count). The van der Waals surface area contributed by atoms with E-state index >= 15 is 0 Å². The van der Waals surface area contributed by atoms with Crippen molar-refractivity contribution in [2.24, 2.45) is 0 Å². The average molecular weight is 357 g/mol. The molecular formula is C14H11BrClNO3. The fraction of sp³-hybridized carbons (Fsp3) is 0.0714. The van der Waals surface area contributed by atoms with Crippen LogP contribution in [0.5, 0.6) is 0 Å². The molecule has 4 nitrogen and oxygen atoms in total. The van der Waals surface area contributed by atoms with Crippen LogP contribution in [-0.2, 0) is 6.54 Å². The molecule has 2 aromatic rings. The molecule has 6 heteroatoms. The van der Waals surface area contributed by atoms with Gasteiger partial charge in [-0.25, -0.2) is 4.79 Å². The minimum absolute atomic E-state index is 0. The Hall–Kier alpha value is -1.72. The predicted octanol–water partition coefficient (Wildman–Crippen LogP) is -0.787. The van der Waals surface area contributed by atoms with E-state index in [0.29, 0.717) is 10.6 Å². The van der Waals surface area contributed by atoms with Gasteiger partial charge < -0.3 is 22.1 Å². The molecule has 0 saturated heterocycles. The molecule has 20 heavy (non-hydrogen) atoms. The summed E-state index contributed by atoms with van der Waals surface area (Å²) in [5.74, 6) is -1.13. The van der Waals surface area contributed by atoms with Crippen LogP contribution >= 0.6 is 11.6 Å². The second kappa shape index (κ2) is 7.17. The largest absolute Gasteiger partial charge is 1.00 e. The van der Waals surface area contributed by atoms with Gasteiger partial charge in [0.15, 0.2) is 12.4 Å². The summed E-state index contributed by atoms with van der Waals surface area (Å²) in [4.78, 5) is 22.8. The Balaban J connectivity index is 0.00000200. The number of carbonyl (C=O) groups excluding carboxylic acids is 1. The average Bonchev–Trinajstić information content (AvgIpc) is 2.39. The van der Waals surface area contributed by atoms with Crippen LogP contribution in [0, 0.1) is 0 Å². The van der Waals surface area contributed by atoms with Crippen LogP contribution in [0.1, 0.15) is 20.7 Å². The van der Waals surface area contributed by atoms with Gasteiger partial charge >= 0.3 is 5.97 Å². The quantitative estimate of drug-likeness (QED) is 0.577. The molecule has 0 saturated carbocycles. The van der Waals surface area contributed by atoms with Crippen LogP contribution in [0.4, 0.5) is 0 Å². The number of ketones is 1. The second-order valence-corrected chi connectivity index (χ2v) is 4.44. The maximum absolute atomic E-state index is 12.0. The first-order chi connectivity index (χ1) is 9.06. The first-order valence-electron chi connectivity index (χ1n) is 5.57. The number of carboxylic acid groups (broad SMARTS) is 1. The van der Waals surface area contributed by atoms with E-state index in [1.165, 1.54) is 12.3 Å². The summed E-state index contributed by atoms with van der Waals surface area (Å²) in [7, 11) is 0. The van der Waals surface area contributed by atoms with Crippen LogP contribution in [0.2, 0.25) is 5.02 Å². The molecule has 0 radical (unpaired) electrons. The highest BCUT2D eigenvalue weighted by Gasteiger charge is 2.14. The van der Waals surface area contributed by atoms with Crippen molar-refractivity contribution in [1.29, 1.82) is 0 Å². The number of hydrogen-bond acceptors (Lipinski definition) is 2. The van der Waals surface area contributed by atoms with E-state index in [1.807, 2.05) is 0 Å². The molecule has 0 amide bonds. The number of carbonyl (C=O) groups is 2. The first kappa shape index (κ1) is 16.3. The molecule has 0 fully saturated rings. The maximum Gasteiger partial charge on any atom is 0.341 e. The Morgan fingerprint density at radius 3 is 2.35 bits per heavy atom. The van der Waals surface area contributed by atoms with Crippen molar-refractivity contribution in [3.8, 4) is 0 Å². The monoisotopic (exact) mass is 355 g/mol. The van der Waals surface area contributed by atoms with Crippen LogP contribution in [-0.4, -0.2) is 16.9 Å². The van der Waals surface area contributed by atoms with Gasteiger partial charge in [-0.3, -0.25) is 4.79 Å². The number of benzene rings is 1. The molecular weight excluding hydrogens is 346 g/mol. The number of hydrogen-bond donors (Lipinski definition) is 1. The molecule has 104 valence electrons. The summed E-state index contributed by atoms with van der Waals surface area (Å²) in [6, 6.07) is 9.66. The highest BCUT2D eigenvalue weighted by Crippen LogP contribution is 2.10. The van der Waals surface area contributed by atoms with Gasteiger partial charge in [-0.2, -0.15) is 4.57 Å². The van der Waals surface area contributed by atoms with Gasteiger partial charge in [0.1, 0.15) is 5.56 Å². The smallest absolute Gasteiger partial charge is 0.341 e. The van der Waals surface area contributed by atoms with E-state index in [0.717, 1.165) is 0 Å². The highest BCUT2D eigenvalue weighted by molar-refractivity contribution is 6.30. The van der Waals surface area contributed by atoms with Gasteiger partial charge in [0.05, 0.1) is 0 Å². The summed E-state index contributed by atoms with van der Waals surface area (Å²) in [6.07, 6.45) is 3.08. The van der Waals surface area contributed by atoms with E-state index in [-0.39, 0.29) is 34.9 Å². The molecule has 0 aliphatic heterocycles. The van der Waals surface area contributed by atoms with Crippen LogP contribution in [0.15, 0.2) is 48.8 Å². The molecule has 0 aliphatic rings. The summed E-state index contributed by atoms with van der Waals surface area (Å²) in [5, 5.41) is 9.44. The number of aromatic carboxylic acids is 1. The summed E-state index contributed by atoms with van der Waals surface area (Å²) in [6.45, 7) is 0.0861.